The van der Waals surface area contributed by atoms with Crippen LogP contribution in [0.2, 0.25) is 0 Å². The van der Waals surface area contributed by atoms with Crippen LogP contribution in [0.25, 0.3) is 0 Å². The number of rotatable bonds is 4. The fraction of sp³-hybridized carbons (Fsp3) is 0.692. The number of halogens is 2. The van der Waals surface area contributed by atoms with E-state index in [0.717, 1.165) is 25.9 Å². The zero-order valence-electron chi connectivity index (χ0n) is 12.0. The van der Waals surface area contributed by atoms with Crippen molar-refractivity contribution >= 4 is 30.7 Å². The highest BCUT2D eigenvalue weighted by molar-refractivity contribution is 5.85. The van der Waals surface area contributed by atoms with Crippen LogP contribution in [0.5, 0.6) is 0 Å². The molecule has 7 heteroatoms. The Labute approximate surface area is 132 Å². The molecule has 5 nitrogen and oxygen atoms in total. The minimum absolute atomic E-state index is 0. The molecule has 1 aromatic rings. The molecule has 0 aromatic carbocycles. The van der Waals surface area contributed by atoms with Gasteiger partial charge in [-0.25, -0.2) is 0 Å². The Morgan fingerprint density at radius 1 is 1.55 bits per heavy atom. The van der Waals surface area contributed by atoms with E-state index in [9.17, 15) is 4.79 Å². The van der Waals surface area contributed by atoms with Gasteiger partial charge in [0, 0.05) is 25.0 Å². The number of carbonyl (C=O) groups is 1. The SMILES string of the molecule is CC(Cn1cccn1)NC(=O)C1(C)CCCNC1.Cl.Cl. The largest absolute Gasteiger partial charge is 0.351 e. The van der Waals surface area contributed by atoms with E-state index in [1.165, 1.54) is 0 Å². The van der Waals surface area contributed by atoms with Crippen molar-refractivity contribution in [1.29, 1.82) is 0 Å². The first kappa shape index (κ1) is 19.2. The first-order chi connectivity index (χ1) is 8.60. The van der Waals surface area contributed by atoms with E-state index in [1.54, 1.807) is 6.20 Å². The summed E-state index contributed by atoms with van der Waals surface area (Å²) in [5.74, 6) is 0.148. The fourth-order valence-corrected chi connectivity index (χ4v) is 2.38. The van der Waals surface area contributed by atoms with Crippen molar-refractivity contribution in [1.82, 2.24) is 20.4 Å². The Kier molecular flexibility index (Phi) is 8.16. The molecule has 2 atom stereocenters. The first-order valence-corrected chi connectivity index (χ1v) is 6.59. The molecule has 0 radical (unpaired) electrons. The molecule has 2 heterocycles. The number of nitrogens with one attached hydrogen (secondary N) is 2. The summed E-state index contributed by atoms with van der Waals surface area (Å²) in [6.07, 6.45) is 5.69. The molecule has 1 aliphatic heterocycles. The number of piperidine rings is 1. The topological polar surface area (TPSA) is 59.0 Å². The van der Waals surface area contributed by atoms with Gasteiger partial charge in [-0.2, -0.15) is 5.10 Å². The summed E-state index contributed by atoms with van der Waals surface area (Å²) in [4.78, 5) is 12.3. The molecule has 1 aromatic heterocycles. The third-order valence-electron chi connectivity index (χ3n) is 3.54. The first-order valence-electron chi connectivity index (χ1n) is 6.59. The van der Waals surface area contributed by atoms with Crippen LogP contribution in [-0.4, -0.2) is 34.8 Å². The number of carbonyl (C=O) groups excluding carboxylic acids is 1. The molecule has 0 aliphatic carbocycles. The van der Waals surface area contributed by atoms with Gasteiger partial charge in [-0.05, 0) is 39.3 Å². The van der Waals surface area contributed by atoms with Crippen molar-refractivity contribution < 1.29 is 4.79 Å². The summed E-state index contributed by atoms with van der Waals surface area (Å²) in [5.41, 5.74) is -0.267. The van der Waals surface area contributed by atoms with E-state index in [4.69, 9.17) is 0 Å². The van der Waals surface area contributed by atoms with Gasteiger partial charge >= 0.3 is 0 Å². The summed E-state index contributed by atoms with van der Waals surface area (Å²) in [6, 6.07) is 1.98. The van der Waals surface area contributed by atoms with Crippen LogP contribution in [-0.2, 0) is 11.3 Å². The Morgan fingerprint density at radius 3 is 2.85 bits per heavy atom. The molecule has 1 saturated heterocycles. The molecule has 2 N–H and O–H groups in total. The molecule has 116 valence electrons. The smallest absolute Gasteiger partial charge is 0.227 e. The Morgan fingerprint density at radius 2 is 2.30 bits per heavy atom. The van der Waals surface area contributed by atoms with Crippen LogP contribution in [0, 0.1) is 5.41 Å². The minimum atomic E-state index is -0.267. The second-order valence-electron chi connectivity index (χ2n) is 5.44. The van der Waals surface area contributed by atoms with Crippen LogP contribution in [0.15, 0.2) is 18.5 Å². The van der Waals surface area contributed by atoms with Crippen molar-refractivity contribution in [2.75, 3.05) is 13.1 Å². The maximum absolute atomic E-state index is 12.3. The molecule has 0 spiro atoms. The van der Waals surface area contributed by atoms with Gasteiger partial charge in [-0.3, -0.25) is 9.48 Å². The van der Waals surface area contributed by atoms with Gasteiger partial charge in [0.2, 0.25) is 5.91 Å². The zero-order chi connectivity index (χ0) is 13.0. The van der Waals surface area contributed by atoms with Crippen LogP contribution in [0.4, 0.5) is 0 Å². The van der Waals surface area contributed by atoms with Crippen molar-refractivity contribution in [3.8, 4) is 0 Å². The van der Waals surface area contributed by atoms with Gasteiger partial charge in [0.15, 0.2) is 0 Å². The standard InChI is InChI=1S/C13H22N4O.2ClH/c1-11(9-17-8-4-7-15-17)16-12(18)13(2)5-3-6-14-10-13;;/h4,7-8,11,14H,3,5-6,9-10H2,1-2H3,(H,16,18);2*1H. The van der Waals surface area contributed by atoms with Gasteiger partial charge in [0.25, 0.3) is 0 Å². The molecule has 1 fully saturated rings. The van der Waals surface area contributed by atoms with E-state index in [1.807, 2.05) is 30.8 Å². The maximum atomic E-state index is 12.3. The summed E-state index contributed by atoms with van der Waals surface area (Å²) >= 11 is 0. The minimum Gasteiger partial charge on any atom is -0.351 e. The van der Waals surface area contributed by atoms with E-state index in [2.05, 4.69) is 15.7 Å². The summed E-state index contributed by atoms with van der Waals surface area (Å²) < 4.78 is 1.84. The van der Waals surface area contributed by atoms with E-state index >= 15 is 0 Å². The average molecular weight is 323 g/mol. The molecule has 2 rings (SSSR count). The van der Waals surface area contributed by atoms with Crippen molar-refractivity contribution in [2.24, 2.45) is 5.41 Å². The maximum Gasteiger partial charge on any atom is 0.227 e. The lowest BCUT2D eigenvalue weighted by Gasteiger charge is -2.33. The molecule has 0 bridgehead atoms. The fourth-order valence-electron chi connectivity index (χ4n) is 2.38. The normalized spacial score (nSPS) is 23.1. The highest BCUT2D eigenvalue weighted by Crippen LogP contribution is 2.25. The van der Waals surface area contributed by atoms with Gasteiger partial charge in [-0.15, -0.1) is 24.8 Å². The van der Waals surface area contributed by atoms with Crippen LogP contribution in [0.3, 0.4) is 0 Å². The van der Waals surface area contributed by atoms with Crippen molar-refractivity contribution in [3.63, 3.8) is 0 Å². The molecule has 0 saturated carbocycles. The number of hydrogen-bond acceptors (Lipinski definition) is 3. The predicted octanol–water partition coefficient (Wildman–Crippen LogP) is 1.62. The number of hydrogen-bond donors (Lipinski definition) is 2. The summed E-state index contributed by atoms with van der Waals surface area (Å²) in [6.45, 7) is 6.55. The lowest BCUT2D eigenvalue weighted by atomic mass is 9.82. The summed E-state index contributed by atoms with van der Waals surface area (Å²) in [7, 11) is 0. The van der Waals surface area contributed by atoms with Gasteiger partial charge in [0.05, 0.1) is 12.0 Å². The Bertz CT molecular complexity index is 391. The molecular weight excluding hydrogens is 299 g/mol. The molecule has 1 aliphatic rings. The number of nitrogens with zero attached hydrogens (tertiary/aromatic N) is 2. The van der Waals surface area contributed by atoms with Gasteiger partial charge in [0.1, 0.15) is 0 Å². The second-order valence-corrected chi connectivity index (χ2v) is 5.44. The Hall–Kier alpha value is -0.780. The third-order valence-corrected chi connectivity index (χ3v) is 3.54. The summed E-state index contributed by atoms with van der Waals surface area (Å²) in [5, 5.41) is 10.5. The molecule has 2 unspecified atom stereocenters. The third kappa shape index (κ3) is 4.96. The lowest BCUT2D eigenvalue weighted by Crippen LogP contribution is -2.51. The van der Waals surface area contributed by atoms with Crippen molar-refractivity contribution in [3.05, 3.63) is 18.5 Å². The van der Waals surface area contributed by atoms with Crippen molar-refractivity contribution in [2.45, 2.75) is 39.3 Å². The molecular formula is C13H24Cl2N4O. The highest BCUT2D eigenvalue weighted by Gasteiger charge is 2.34. The monoisotopic (exact) mass is 322 g/mol. The predicted molar refractivity (Wildman–Crippen MR) is 84.5 cm³/mol. The van der Waals surface area contributed by atoms with E-state index < -0.39 is 0 Å². The quantitative estimate of drug-likeness (QED) is 0.885. The number of aromatic nitrogens is 2. The average Bonchev–Trinajstić information content (AvgIpc) is 2.82. The highest BCUT2D eigenvalue weighted by atomic mass is 35.5. The van der Waals surface area contributed by atoms with Crippen LogP contribution < -0.4 is 10.6 Å². The number of amides is 1. The van der Waals surface area contributed by atoms with Crippen LogP contribution in [0.1, 0.15) is 26.7 Å². The van der Waals surface area contributed by atoms with E-state index in [-0.39, 0.29) is 42.2 Å². The second kappa shape index (κ2) is 8.49. The van der Waals surface area contributed by atoms with E-state index in [0.29, 0.717) is 6.54 Å². The van der Waals surface area contributed by atoms with Gasteiger partial charge in [-0.1, -0.05) is 0 Å². The lowest BCUT2D eigenvalue weighted by molar-refractivity contribution is -0.131. The zero-order valence-corrected chi connectivity index (χ0v) is 13.6. The Balaban J connectivity index is 0.00000180. The molecule has 1 amide bonds. The van der Waals surface area contributed by atoms with Gasteiger partial charge < -0.3 is 10.6 Å². The van der Waals surface area contributed by atoms with Crippen LogP contribution >= 0.6 is 24.8 Å². The molecule has 20 heavy (non-hydrogen) atoms.